The summed E-state index contributed by atoms with van der Waals surface area (Å²) in [6, 6.07) is 14.5. The van der Waals surface area contributed by atoms with Crippen LogP contribution in [0.5, 0.6) is 28.7 Å². The van der Waals surface area contributed by atoms with Gasteiger partial charge in [-0.1, -0.05) is 6.07 Å². The standard InChI is InChI=1S/C27H30O5/c1-16-23(13-22(30-4)14-25(16)31-5)24-12-17-7-8-20(28-2)10-18(17)9-19-11-21(29-3)15-26(32-6)27(19)24/h7-8,10-11,13-15,24H,9,12H2,1-6H3. The smallest absolute Gasteiger partial charge is 0.126 e. The molecule has 1 atom stereocenters. The van der Waals surface area contributed by atoms with E-state index in [0.29, 0.717) is 0 Å². The summed E-state index contributed by atoms with van der Waals surface area (Å²) >= 11 is 0. The van der Waals surface area contributed by atoms with E-state index in [1.165, 1.54) is 22.3 Å². The van der Waals surface area contributed by atoms with E-state index in [0.717, 1.165) is 52.7 Å². The van der Waals surface area contributed by atoms with Gasteiger partial charge in [0.2, 0.25) is 0 Å². The third-order valence-electron chi connectivity index (χ3n) is 6.43. The topological polar surface area (TPSA) is 46.2 Å². The molecule has 0 bridgehead atoms. The largest absolute Gasteiger partial charge is 0.497 e. The highest BCUT2D eigenvalue weighted by molar-refractivity contribution is 5.59. The second kappa shape index (κ2) is 9.03. The van der Waals surface area contributed by atoms with Crippen LogP contribution in [0, 0.1) is 6.92 Å². The van der Waals surface area contributed by atoms with Crippen molar-refractivity contribution in [3.8, 4) is 28.7 Å². The van der Waals surface area contributed by atoms with Crippen LogP contribution in [0.25, 0.3) is 0 Å². The molecule has 0 radical (unpaired) electrons. The Morgan fingerprint density at radius 3 is 1.91 bits per heavy atom. The summed E-state index contributed by atoms with van der Waals surface area (Å²) in [6.07, 6.45) is 1.60. The van der Waals surface area contributed by atoms with Crippen molar-refractivity contribution < 1.29 is 23.7 Å². The predicted molar refractivity (Wildman–Crippen MR) is 125 cm³/mol. The SMILES string of the molecule is COc1ccc2c(c1)Cc1cc(OC)cc(OC)c1C(c1cc(OC)cc(OC)c1C)C2. The van der Waals surface area contributed by atoms with Crippen LogP contribution in [0.15, 0.2) is 42.5 Å². The van der Waals surface area contributed by atoms with Crippen molar-refractivity contribution in [2.45, 2.75) is 25.7 Å². The maximum Gasteiger partial charge on any atom is 0.126 e. The lowest BCUT2D eigenvalue weighted by atomic mass is 9.82. The maximum absolute atomic E-state index is 5.89. The lowest BCUT2D eigenvalue weighted by Crippen LogP contribution is -2.10. The van der Waals surface area contributed by atoms with Crippen LogP contribution in [-0.2, 0) is 12.8 Å². The average Bonchev–Trinajstić information content (AvgIpc) is 2.99. The van der Waals surface area contributed by atoms with E-state index in [1.807, 2.05) is 18.2 Å². The highest BCUT2D eigenvalue weighted by Crippen LogP contribution is 2.46. The van der Waals surface area contributed by atoms with Crippen molar-refractivity contribution in [2.75, 3.05) is 35.5 Å². The van der Waals surface area contributed by atoms with Gasteiger partial charge in [-0.2, -0.15) is 0 Å². The van der Waals surface area contributed by atoms with Crippen LogP contribution in [0.3, 0.4) is 0 Å². The Labute approximate surface area is 189 Å². The number of fused-ring (bicyclic) bond motifs is 2. The van der Waals surface area contributed by atoms with Gasteiger partial charge >= 0.3 is 0 Å². The lowest BCUT2D eigenvalue weighted by molar-refractivity contribution is 0.386. The summed E-state index contributed by atoms with van der Waals surface area (Å²) in [6.45, 7) is 2.10. The van der Waals surface area contributed by atoms with Gasteiger partial charge in [-0.3, -0.25) is 0 Å². The minimum absolute atomic E-state index is 0.0597. The van der Waals surface area contributed by atoms with Crippen molar-refractivity contribution in [1.29, 1.82) is 0 Å². The van der Waals surface area contributed by atoms with Crippen molar-refractivity contribution in [2.24, 2.45) is 0 Å². The van der Waals surface area contributed by atoms with Crippen LogP contribution in [-0.4, -0.2) is 35.5 Å². The quantitative estimate of drug-likeness (QED) is 0.526. The minimum Gasteiger partial charge on any atom is -0.497 e. The zero-order valence-electron chi connectivity index (χ0n) is 19.6. The molecule has 0 N–H and O–H groups in total. The Bertz CT molecular complexity index is 1140. The molecule has 1 unspecified atom stereocenters. The molecule has 5 heteroatoms. The summed E-state index contributed by atoms with van der Waals surface area (Å²) < 4.78 is 28.3. The molecule has 0 spiro atoms. The molecule has 1 aliphatic rings. The highest BCUT2D eigenvalue weighted by atomic mass is 16.5. The number of hydrogen-bond acceptors (Lipinski definition) is 5. The molecule has 3 aromatic carbocycles. The number of hydrogen-bond donors (Lipinski definition) is 0. The Kier molecular flexibility index (Phi) is 6.17. The molecule has 0 aromatic heterocycles. The van der Waals surface area contributed by atoms with Gasteiger partial charge in [0.05, 0.1) is 35.5 Å². The molecule has 32 heavy (non-hydrogen) atoms. The first kappa shape index (κ1) is 21.9. The predicted octanol–water partition coefficient (Wildman–Crippen LogP) is 5.32. The van der Waals surface area contributed by atoms with Gasteiger partial charge in [-0.25, -0.2) is 0 Å². The first-order chi connectivity index (χ1) is 15.5. The zero-order chi connectivity index (χ0) is 22.8. The zero-order valence-corrected chi connectivity index (χ0v) is 19.6. The van der Waals surface area contributed by atoms with Gasteiger partial charge in [-0.05, 0) is 71.8 Å². The lowest BCUT2D eigenvalue weighted by Gasteiger charge is -2.25. The summed E-state index contributed by atoms with van der Waals surface area (Å²) in [5.74, 6) is 4.11. The third kappa shape index (κ3) is 3.83. The summed E-state index contributed by atoms with van der Waals surface area (Å²) in [5.41, 5.74) is 7.14. The van der Waals surface area contributed by atoms with Gasteiger partial charge in [-0.15, -0.1) is 0 Å². The summed E-state index contributed by atoms with van der Waals surface area (Å²) in [7, 11) is 8.48. The fraction of sp³-hybridized carbons (Fsp3) is 0.333. The van der Waals surface area contributed by atoms with Gasteiger partial charge in [0.25, 0.3) is 0 Å². The molecule has 0 amide bonds. The minimum atomic E-state index is 0.0597. The Morgan fingerprint density at radius 2 is 1.25 bits per heavy atom. The number of benzene rings is 3. The summed E-state index contributed by atoms with van der Waals surface area (Å²) in [4.78, 5) is 0. The van der Waals surface area contributed by atoms with Gasteiger partial charge in [0.15, 0.2) is 0 Å². The van der Waals surface area contributed by atoms with Crippen molar-refractivity contribution >= 4 is 0 Å². The molecule has 0 saturated heterocycles. The van der Waals surface area contributed by atoms with E-state index in [1.54, 1.807) is 35.5 Å². The molecule has 0 fully saturated rings. The van der Waals surface area contributed by atoms with Crippen molar-refractivity contribution in [3.63, 3.8) is 0 Å². The fourth-order valence-electron chi connectivity index (χ4n) is 4.75. The van der Waals surface area contributed by atoms with E-state index in [4.69, 9.17) is 23.7 Å². The van der Waals surface area contributed by atoms with Crippen LogP contribution < -0.4 is 23.7 Å². The molecule has 5 nitrogen and oxygen atoms in total. The maximum atomic E-state index is 5.89. The fourth-order valence-corrected chi connectivity index (χ4v) is 4.75. The van der Waals surface area contributed by atoms with Crippen molar-refractivity contribution in [3.05, 3.63) is 75.8 Å². The Hall–Kier alpha value is -3.34. The molecular weight excluding hydrogens is 404 g/mol. The van der Waals surface area contributed by atoms with E-state index >= 15 is 0 Å². The molecule has 3 aromatic rings. The average molecular weight is 435 g/mol. The molecule has 4 rings (SSSR count). The van der Waals surface area contributed by atoms with Crippen LogP contribution in [0.2, 0.25) is 0 Å². The normalized spacial score (nSPS) is 14.6. The van der Waals surface area contributed by atoms with Gasteiger partial charge < -0.3 is 23.7 Å². The van der Waals surface area contributed by atoms with Crippen LogP contribution in [0.4, 0.5) is 0 Å². The molecule has 168 valence electrons. The molecule has 0 saturated carbocycles. The summed E-state index contributed by atoms with van der Waals surface area (Å²) in [5, 5.41) is 0. The molecule has 0 aliphatic heterocycles. The first-order valence-corrected chi connectivity index (χ1v) is 10.7. The highest BCUT2D eigenvalue weighted by Gasteiger charge is 2.30. The number of ether oxygens (including phenoxy) is 5. The van der Waals surface area contributed by atoms with Crippen LogP contribution in [0.1, 0.15) is 39.3 Å². The number of rotatable bonds is 6. The van der Waals surface area contributed by atoms with Crippen LogP contribution >= 0.6 is 0 Å². The monoisotopic (exact) mass is 434 g/mol. The molecular formula is C27H30O5. The third-order valence-corrected chi connectivity index (χ3v) is 6.43. The van der Waals surface area contributed by atoms with E-state index < -0.39 is 0 Å². The number of methoxy groups -OCH3 is 5. The van der Waals surface area contributed by atoms with E-state index in [9.17, 15) is 0 Å². The Morgan fingerprint density at radius 1 is 0.625 bits per heavy atom. The first-order valence-electron chi connectivity index (χ1n) is 10.7. The molecule has 1 aliphatic carbocycles. The Balaban J connectivity index is 2.00. The second-order valence-corrected chi connectivity index (χ2v) is 8.01. The molecule has 0 heterocycles. The van der Waals surface area contributed by atoms with Crippen molar-refractivity contribution in [1.82, 2.24) is 0 Å². The van der Waals surface area contributed by atoms with E-state index in [-0.39, 0.29) is 5.92 Å². The van der Waals surface area contributed by atoms with Gasteiger partial charge in [0, 0.05) is 23.6 Å². The van der Waals surface area contributed by atoms with E-state index in [2.05, 4.69) is 31.2 Å². The second-order valence-electron chi connectivity index (χ2n) is 8.01. The van der Waals surface area contributed by atoms with Gasteiger partial charge in [0.1, 0.15) is 28.7 Å².